The van der Waals surface area contributed by atoms with Crippen LogP contribution in [-0.4, -0.2) is 44.4 Å². The maximum atomic E-state index is 8.78. The van der Waals surface area contributed by atoms with Crippen molar-refractivity contribution in [3.8, 4) is 0 Å². The lowest BCUT2D eigenvalue weighted by Gasteiger charge is -2.16. The number of rotatable bonds is 8. The number of hydrogen-bond donors (Lipinski definition) is 4. The molecule has 0 atom stereocenters. The Bertz CT molecular complexity index is 82.4. The van der Waals surface area contributed by atoms with Gasteiger partial charge in [-0.2, -0.15) is 0 Å². The van der Waals surface area contributed by atoms with E-state index in [0.29, 0.717) is 6.61 Å². The highest BCUT2D eigenvalue weighted by Crippen LogP contribution is 1.67. The first-order valence-electron chi connectivity index (χ1n) is 4.88. The van der Waals surface area contributed by atoms with Gasteiger partial charge in [-0.3, -0.25) is 0 Å². The van der Waals surface area contributed by atoms with E-state index in [0.717, 1.165) is 45.6 Å². The summed E-state index contributed by atoms with van der Waals surface area (Å²) in [5.74, 6) is 0. The zero-order valence-electron chi connectivity index (χ0n) is 8.02. The van der Waals surface area contributed by atoms with Crippen LogP contribution in [0.25, 0.3) is 0 Å². The Hall–Kier alpha value is -0.160. The molecule has 0 saturated carbocycles. The van der Waals surface area contributed by atoms with Gasteiger partial charge in [0.25, 0.3) is 0 Å². The van der Waals surface area contributed by atoms with Gasteiger partial charge >= 0.3 is 0 Å². The average molecular weight is 178 g/mol. The molecule has 0 amide bonds. The van der Waals surface area contributed by atoms with Crippen LogP contribution in [0.15, 0.2) is 0 Å². The Morgan fingerprint density at radius 1 is 0.917 bits per heavy atom. The van der Waals surface area contributed by atoms with E-state index in [1.165, 1.54) is 4.90 Å². The summed E-state index contributed by atoms with van der Waals surface area (Å²) in [7, 11) is 0. The minimum Gasteiger partial charge on any atom is -0.391 e. The van der Waals surface area contributed by atoms with Crippen molar-refractivity contribution >= 4 is 0 Å². The fourth-order valence-electron chi connectivity index (χ4n) is 1.28. The molecule has 0 aromatic rings. The molecule has 12 heavy (non-hydrogen) atoms. The van der Waals surface area contributed by atoms with Crippen LogP contribution < -0.4 is 16.4 Å². The van der Waals surface area contributed by atoms with Crippen molar-refractivity contribution in [3.05, 3.63) is 0 Å². The van der Waals surface area contributed by atoms with Crippen molar-refractivity contribution in [3.63, 3.8) is 0 Å². The van der Waals surface area contributed by atoms with Crippen LogP contribution in [0.5, 0.6) is 0 Å². The van der Waals surface area contributed by atoms with Crippen molar-refractivity contribution in [1.82, 2.24) is 0 Å². The number of aliphatic hydroxyl groups excluding tert-OH is 1. The lowest BCUT2D eigenvalue weighted by Crippen LogP contribution is -3.12. The van der Waals surface area contributed by atoms with Crippen molar-refractivity contribution in [1.29, 1.82) is 0 Å². The lowest BCUT2D eigenvalue weighted by molar-refractivity contribution is -0.902. The van der Waals surface area contributed by atoms with Gasteiger partial charge in [0.1, 0.15) is 6.54 Å². The van der Waals surface area contributed by atoms with Gasteiger partial charge in [-0.25, -0.2) is 0 Å². The number of quaternary nitrogens is 3. The van der Waals surface area contributed by atoms with Crippen LogP contribution in [0, 0.1) is 0 Å². The second kappa shape index (κ2) is 8.93. The standard InChI is InChI=1S/C8H21N3O/c9-3-1-5-11(7-8-12)6-2-4-10/h12H,1-10H2/p+3. The Labute approximate surface area is 74.5 Å². The molecule has 0 unspecified atom stereocenters. The Balaban J connectivity index is 3.40. The fourth-order valence-corrected chi connectivity index (χ4v) is 1.28. The van der Waals surface area contributed by atoms with E-state index in [2.05, 4.69) is 11.5 Å². The number of hydrogen-bond acceptors (Lipinski definition) is 1. The van der Waals surface area contributed by atoms with Crippen molar-refractivity contribution in [2.45, 2.75) is 12.8 Å². The summed E-state index contributed by atoms with van der Waals surface area (Å²) in [4.78, 5) is 1.49. The summed E-state index contributed by atoms with van der Waals surface area (Å²) >= 11 is 0. The average Bonchev–Trinajstić information content (AvgIpc) is 2.10. The van der Waals surface area contributed by atoms with Gasteiger partial charge in [-0.05, 0) is 0 Å². The van der Waals surface area contributed by atoms with Crippen LogP contribution in [0.1, 0.15) is 12.8 Å². The third-order valence-corrected chi connectivity index (χ3v) is 2.03. The van der Waals surface area contributed by atoms with Gasteiger partial charge in [0.2, 0.25) is 0 Å². The van der Waals surface area contributed by atoms with E-state index in [-0.39, 0.29) is 0 Å². The molecule has 0 aromatic carbocycles. The van der Waals surface area contributed by atoms with Crippen LogP contribution in [0.2, 0.25) is 0 Å². The number of nitrogens with one attached hydrogen (secondary N) is 1. The molecule has 0 fully saturated rings. The number of aliphatic hydroxyl groups is 1. The molecular weight excluding hydrogens is 154 g/mol. The first kappa shape index (κ1) is 11.8. The third-order valence-electron chi connectivity index (χ3n) is 2.03. The Morgan fingerprint density at radius 3 is 1.75 bits per heavy atom. The first-order chi connectivity index (χ1) is 5.85. The van der Waals surface area contributed by atoms with Gasteiger partial charge < -0.3 is 21.5 Å². The highest BCUT2D eigenvalue weighted by molar-refractivity contribution is 4.33. The molecule has 0 rings (SSSR count). The van der Waals surface area contributed by atoms with Crippen molar-refractivity contribution in [2.75, 3.05) is 39.3 Å². The normalized spacial score (nSPS) is 11.0. The van der Waals surface area contributed by atoms with E-state index in [4.69, 9.17) is 5.11 Å². The first-order valence-corrected chi connectivity index (χ1v) is 4.88. The molecule has 0 aliphatic carbocycles. The van der Waals surface area contributed by atoms with E-state index >= 15 is 0 Å². The molecular formula is C8H24N3O+3. The summed E-state index contributed by atoms with van der Waals surface area (Å²) in [6.45, 7) is 5.45. The largest absolute Gasteiger partial charge is 0.391 e. The van der Waals surface area contributed by atoms with E-state index < -0.39 is 0 Å². The van der Waals surface area contributed by atoms with E-state index in [9.17, 15) is 0 Å². The molecule has 0 bridgehead atoms. The molecule has 0 heterocycles. The molecule has 74 valence electrons. The fraction of sp³-hybridized carbons (Fsp3) is 1.00. The summed E-state index contributed by atoms with van der Waals surface area (Å²) < 4.78 is 0. The maximum absolute atomic E-state index is 8.78. The SMILES string of the molecule is [NH3+]CCC[NH+](CCO)CCC[NH3+]. The van der Waals surface area contributed by atoms with E-state index in [1.54, 1.807) is 0 Å². The maximum Gasteiger partial charge on any atom is 0.101 e. The van der Waals surface area contributed by atoms with Gasteiger partial charge in [0.15, 0.2) is 0 Å². The summed E-state index contributed by atoms with van der Waals surface area (Å²) in [5.41, 5.74) is 7.62. The third kappa shape index (κ3) is 6.54. The van der Waals surface area contributed by atoms with Gasteiger partial charge in [-0.15, -0.1) is 0 Å². The zero-order chi connectivity index (χ0) is 9.23. The second-order valence-electron chi connectivity index (χ2n) is 3.14. The smallest absolute Gasteiger partial charge is 0.101 e. The highest BCUT2D eigenvalue weighted by Gasteiger charge is 2.06. The molecule has 4 nitrogen and oxygen atoms in total. The van der Waals surface area contributed by atoms with E-state index in [1.807, 2.05) is 0 Å². The molecule has 0 radical (unpaired) electrons. The Morgan fingerprint density at radius 2 is 1.42 bits per heavy atom. The highest BCUT2D eigenvalue weighted by atomic mass is 16.3. The lowest BCUT2D eigenvalue weighted by atomic mass is 10.3. The second-order valence-corrected chi connectivity index (χ2v) is 3.14. The molecule has 0 aromatic heterocycles. The van der Waals surface area contributed by atoms with Crippen LogP contribution in [-0.2, 0) is 0 Å². The molecule has 0 spiro atoms. The summed E-state index contributed by atoms with van der Waals surface area (Å²) in [5, 5.41) is 8.78. The van der Waals surface area contributed by atoms with Crippen LogP contribution >= 0.6 is 0 Å². The summed E-state index contributed by atoms with van der Waals surface area (Å²) in [6.07, 6.45) is 2.32. The van der Waals surface area contributed by atoms with Crippen LogP contribution in [0.4, 0.5) is 0 Å². The molecule has 0 aliphatic rings. The topological polar surface area (TPSA) is 80.0 Å². The predicted molar refractivity (Wildman–Crippen MR) is 47.4 cm³/mol. The van der Waals surface area contributed by atoms with Crippen molar-refractivity contribution < 1.29 is 21.5 Å². The zero-order valence-corrected chi connectivity index (χ0v) is 8.02. The molecule has 0 aliphatic heterocycles. The van der Waals surface area contributed by atoms with Gasteiger partial charge in [0.05, 0.1) is 32.8 Å². The molecule has 4 heteroatoms. The minimum atomic E-state index is 0.295. The van der Waals surface area contributed by atoms with Crippen molar-refractivity contribution in [2.24, 2.45) is 0 Å². The van der Waals surface area contributed by atoms with Gasteiger partial charge in [-0.1, -0.05) is 0 Å². The predicted octanol–water partition coefficient (Wildman–Crippen LogP) is -3.87. The summed E-state index contributed by atoms with van der Waals surface area (Å²) in [6, 6.07) is 0. The van der Waals surface area contributed by atoms with Crippen LogP contribution in [0.3, 0.4) is 0 Å². The van der Waals surface area contributed by atoms with Gasteiger partial charge in [0, 0.05) is 12.8 Å². The monoisotopic (exact) mass is 178 g/mol. The Kier molecular flexibility index (Phi) is 8.81. The minimum absolute atomic E-state index is 0.295. The molecule has 0 saturated heterocycles. The molecule has 8 N–H and O–H groups in total. The quantitative estimate of drug-likeness (QED) is 0.301.